The van der Waals surface area contributed by atoms with Gasteiger partial charge in [0.05, 0.1) is 20.3 Å². The van der Waals surface area contributed by atoms with Crippen molar-refractivity contribution in [2.75, 3.05) is 33.4 Å². The predicted octanol–water partition coefficient (Wildman–Crippen LogP) is 1.64. The Morgan fingerprint density at radius 2 is 1.92 bits per heavy atom. The maximum atomic E-state index is 12.9. The number of carbonyl (C=O) groups is 1. The van der Waals surface area contributed by atoms with E-state index in [1.54, 1.807) is 18.2 Å². The molecule has 0 bridgehead atoms. The zero-order valence-corrected chi connectivity index (χ0v) is 16.4. The molecule has 1 aliphatic heterocycles. The van der Waals surface area contributed by atoms with Crippen molar-refractivity contribution in [2.45, 2.75) is 31.2 Å². The Morgan fingerprint density at radius 1 is 1.27 bits per heavy atom. The molecular formula is C18H26N2O5S. The predicted molar refractivity (Wildman–Crippen MR) is 99.5 cm³/mol. The second-order valence-electron chi connectivity index (χ2n) is 7.00. The van der Waals surface area contributed by atoms with Crippen molar-refractivity contribution in [2.24, 2.45) is 0 Å². The Morgan fingerprint density at radius 3 is 2.50 bits per heavy atom. The third kappa shape index (κ3) is 5.30. The number of hydrogen-bond donors (Lipinski definition) is 1. The highest BCUT2D eigenvalue weighted by atomic mass is 32.2. The van der Waals surface area contributed by atoms with E-state index in [4.69, 9.17) is 9.47 Å². The smallest absolute Gasteiger partial charge is 0.246 e. The fraction of sp³-hybridized carbons (Fsp3) is 0.500. The van der Waals surface area contributed by atoms with Gasteiger partial charge in [-0.2, -0.15) is 4.31 Å². The van der Waals surface area contributed by atoms with Gasteiger partial charge in [0.25, 0.3) is 0 Å². The Bertz CT molecular complexity index is 775. The van der Waals surface area contributed by atoms with Crippen LogP contribution in [0.25, 0.3) is 6.08 Å². The number of ether oxygens (including phenoxy) is 2. The molecule has 0 spiro atoms. The summed E-state index contributed by atoms with van der Waals surface area (Å²) < 4.78 is 37.7. The molecule has 0 saturated carbocycles. The standard InChI is InChI=1S/C18H26N2O5S/c1-18(2,3)19-17(21)8-6-14-5-7-15(24-4)16(13-14)26(22,23)20-9-11-25-12-10-20/h5-8,13H,9-12H2,1-4H3,(H,19,21)/b8-6+. The molecule has 0 unspecified atom stereocenters. The average molecular weight is 382 g/mol. The summed E-state index contributed by atoms with van der Waals surface area (Å²) in [4.78, 5) is 12.0. The number of methoxy groups -OCH3 is 1. The summed E-state index contributed by atoms with van der Waals surface area (Å²) in [5.74, 6) is 0.0266. The molecule has 8 heteroatoms. The van der Waals surface area contributed by atoms with E-state index in [0.717, 1.165) is 0 Å². The number of morpholine rings is 1. The largest absolute Gasteiger partial charge is 0.495 e. The minimum Gasteiger partial charge on any atom is -0.495 e. The molecule has 0 aromatic heterocycles. The zero-order valence-electron chi connectivity index (χ0n) is 15.6. The topological polar surface area (TPSA) is 84.9 Å². The molecule has 1 N–H and O–H groups in total. The molecule has 1 saturated heterocycles. The second-order valence-corrected chi connectivity index (χ2v) is 8.91. The van der Waals surface area contributed by atoms with Gasteiger partial charge in [0.1, 0.15) is 10.6 Å². The molecule has 1 aliphatic rings. The average Bonchev–Trinajstić information content (AvgIpc) is 2.59. The van der Waals surface area contributed by atoms with E-state index in [1.165, 1.54) is 23.6 Å². The van der Waals surface area contributed by atoms with Gasteiger partial charge in [0, 0.05) is 24.7 Å². The molecule has 0 radical (unpaired) electrons. The molecule has 1 amide bonds. The van der Waals surface area contributed by atoms with Crippen LogP contribution in [-0.4, -0.2) is 57.6 Å². The zero-order chi connectivity index (χ0) is 19.4. The molecule has 2 rings (SSSR count). The van der Waals surface area contributed by atoms with Crippen molar-refractivity contribution in [3.63, 3.8) is 0 Å². The summed E-state index contributed by atoms with van der Waals surface area (Å²) in [7, 11) is -2.27. The summed E-state index contributed by atoms with van der Waals surface area (Å²) in [5, 5.41) is 2.82. The number of nitrogens with zero attached hydrogens (tertiary/aromatic N) is 1. The maximum absolute atomic E-state index is 12.9. The van der Waals surface area contributed by atoms with Crippen molar-refractivity contribution in [1.29, 1.82) is 0 Å². The van der Waals surface area contributed by atoms with Gasteiger partial charge in [-0.25, -0.2) is 8.42 Å². The monoisotopic (exact) mass is 382 g/mol. The van der Waals surface area contributed by atoms with E-state index in [9.17, 15) is 13.2 Å². The molecule has 26 heavy (non-hydrogen) atoms. The van der Waals surface area contributed by atoms with Crippen LogP contribution in [0.2, 0.25) is 0 Å². The lowest BCUT2D eigenvalue weighted by molar-refractivity contribution is -0.117. The second kappa shape index (κ2) is 8.20. The number of carbonyl (C=O) groups excluding carboxylic acids is 1. The number of sulfonamides is 1. The first kappa shape index (κ1) is 20.4. The van der Waals surface area contributed by atoms with Crippen LogP contribution >= 0.6 is 0 Å². The first-order valence-electron chi connectivity index (χ1n) is 8.40. The minimum atomic E-state index is -3.70. The number of hydrogen-bond acceptors (Lipinski definition) is 5. The van der Waals surface area contributed by atoms with Crippen LogP contribution in [0.1, 0.15) is 26.3 Å². The molecule has 7 nitrogen and oxygen atoms in total. The van der Waals surface area contributed by atoms with Gasteiger partial charge >= 0.3 is 0 Å². The van der Waals surface area contributed by atoms with Gasteiger partial charge in [-0.15, -0.1) is 0 Å². The van der Waals surface area contributed by atoms with Crippen LogP contribution in [0.4, 0.5) is 0 Å². The highest BCUT2D eigenvalue weighted by molar-refractivity contribution is 7.89. The third-order valence-corrected chi connectivity index (χ3v) is 5.62. The molecule has 1 aromatic rings. The summed E-state index contributed by atoms with van der Waals surface area (Å²) in [6.45, 7) is 7.01. The van der Waals surface area contributed by atoms with Crippen molar-refractivity contribution in [3.8, 4) is 5.75 Å². The van der Waals surface area contributed by atoms with Crippen LogP contribution in [0.3, 0.4) is 0 Å². The highest BCUT2D eigenvalue weighted by Gasteiger charge is 2.29. The summed E-state index contributed by atoms with van der Waals surface area (Å²) in [6, 6.07) is 4.82. The summed E-state index contributed by atoms with van der Waals surface area (Å²) in [5.41, 5.74) is 0.258. The van der Waals surface area contributed by atoms with E-state index in [-0.39, 0.29) is 22.1 Å². The van der Waals surface area contributed by atoms with E-state index in [0.29, 0.717) is 31.9 Å². The van der Waals surface area contributed by atoms with Gasteiger partial charge in [-0.1, -0.05) is 6.07 Å². The quantitative estimate of drug-likeness (QED) is 0.783. The van der Waals surface area contributed by atoms with Gasteiger partial charge in [-0.05, 0) is 44.5 Å². The van der Waals surface area contributed by atoms with Gasteiger partial charge < -0.3 is 14.8 Å². The first-order valence-corrected chi connectivity index (χ1v) is 9.84. The fourth-order valence-corrected chi connectivity index (χ4v) is 4.11. The molecule has 1 heterocycles. The lowest BCUT2D eigenvalue weighted by Gasteiger charge is -2.26. The van der Waals surface area contributed by atoms with Gasteiger partial charge in [0.15, 0.2) is 0 Å². The normalized spacial score (nSPS) is 16.6. The van der Waals surface area contributed by atoms with Crippen LogP contribution in [0.15, 0.2) is 29.2 Å². The van der Waals surface area contributed by atoms with E-state index in [2.05, 4.69) is 5.32 Å². The first-order chi connectivity index (χ1) is 12.1. The van der Waals surface area contributed by atoms with E-state index >= 15 is 0 Å². The summed E-state index contributed by atoms with van der Waals surface area (Å²) in [6.07, 6.45) is 2.97. The maximum Gasteiger partial charge on any atom is 0.246 e. The lowest BCUT2D eigenvalue weighted by Crippen LogP contribution is -2.40. The van der Waals surface area contributed by atoms with Crippen LogP contribution in [0, 0.1) is 0 Å². The van der Waals surface area contributed by atoms with Gasteiger partial charge in [0.2, 0.25) is 15.9 Å². The molecule has 0 atom stereocenters. The number of rotatable bonds is 5. The molecule has 1 aromatic carbocycles. The third-order valence-electron chi connectivity index (χ3n) is 3.70. The Balaban J connectivity index is 2.29. The van der Waals surface area contributed by atoms with Crippen molar-refractivity contribution < 1.29 is 22.7 Å². The lowest BCUT2D eigenvalue weighted by atomic mass is 10.1. The number of nitrogens with one attached hydrogen (secondary N) is 1. The Hall–Kier alpha value is -1.90. The molecule has 144 valence electrons. The van der Waals surface area contributed by atoms with Crippen LogP contribution in [-0.2, 0) is 19.6 Å². The van der Waals surface area contributed by atoms with Crippen molar-refractivity contribution in [3.05, 3.63) is 29.8 Å². The summed E-state index contributed by atoms with van der Waals surface area (Å²) >= 11 is 0. The Labute approximate surface area is 155 Å². The van der Waals surface area contributed by atoms with Crippen molar-refractivity contribution >= 4 is 22.0 Å². The Kier molecular flexibility index (Phi) is 6.44. The number of benzene rings is 1. The van der Waals surface area contributed by atoms with E-state index < -0.39 is 10.0 Å². The van der Waals surface area contributed by atoms with E-state index in [1.807, 2.05) is 20.8 Å². The minimum absolute atomic E-state index is 0.0836. The molecule has 1 fully saturated rings. The van der Waals surface area contributed by atoms with Crippen LogP contribution in [0.5, 0.6) is 5.75 Å². The fourth-order valence-electron chi connectivity index (χ4n) is 2.51. The van der Waals surface area contributed by atoms with Crippen molar-refractivity contribution in [1.82, 2.24) is 9.62 Å². The van der Waals surface area contributed by atoms with Crippen LogP contribution < -0.4 is 10.1 Å². The highest BCUT2D eigenvalue weighted by Crippen LogP contribution is 2.28. The van der Waals surface area contributed by atoms with Gasteiger partial charge in [-0.3, -0.25) is 4.79 Å². The molecular weight excluding hydrogens is 356 g/mol. The number of amides is 1. The molecule has 0 aliphatic carbocycles. The SMILES string of the molecule is COc1ccc(/C=C/C(=O)NC(C)(C)C)cc1S(=O)(=O)N1CCOCC1.